The van der Waals surface area contributed by atoms with Crippen molar-refractivity contribution in [3.8, 4) is 11.5 Å². The number of hydrazine groups is 1. The number of hydrogen-bond donors (Lipinski definition) is 3. The predicted molar refractivity (Wildman–Crippen MR) is 97.4 cm³/mol. The Kier molecular flexibility index (Phi) is 6.39. The molecule has 24 heavy (non-hydrogen) atoms. The lowest BCUT2D eigenvalue weighted by Crippen LogP contribution is -2.43. The number of nitrogens with one attached hydrogen (secondary N) is 3. The fourth-order valence-electron chi connectivity index (χ4n) is 1.95. The summed E-state index contributed by atoms with van der Waals surface area (Å²) in [4.78, 5) is 12.2. The van der Waals surface area contributed by atoms with E-state index >= 15 is 0 Å². The summed E-state index contributed by atoms with van der Waals surface area (Å²) >= 11 is 5.13. The molecule has 0 saturated carbocycles. The van der Waals surface area contributed by atoms with Crippen molar-refractivity contribution in [3.63, 3.8) is 0 Å². The van der Waals surface area contributed by atoms with Crippen LogP contribution in [0.25, 0.3) is 0 Å². The van der Waals surface area contributed by atoms with Crippen molar-refractivity contribution in [2.75, 3.05) is 19.0 Å². The van der Waals surface area contributed by atoms with E-state index in [1.54, 1.807) is 18.2 Å². The summed E-state index contributed by atoms with van der Waals surface area (Å²) < 4.78 is 10.7. The number of benzene rings is 2. The molecule has 7 heteroatoms. The molecular weight excluding hydrogens is 326 g/mol. The minimum atomic E-state index is -0.339. The van der Waals surface area contributed by atoms with Crippen LogP contribution in [-0.4, -0.2) is 24.7 Å². The third-order valence-electron chi connectivity index (χ3n) is 3.05. The van der Waals surface area contributed by atoms with Crippen molar-refractivity contribution in [2.24, 2.45) is 0 Å². The van der Waals surface area contributed by atoms with Crippen molar-refractivity contribution in [3.05, 3.63) is 54.1 Å². The fraction of sp³-hybridized carbons (Fsp3) is 0.176. The highest BCUT2D eigenvalue weighted by Crippen LogP contribution is 2.27. The Balaban J connectivity index is 1.93. The molecule has 0 heterocycles. The van der Waals surface area contributed by atoms with Gasteiger partial charge in [-0.1, -0.05) is 18.2 Å². The number of rotatable bonds is 5. The number of para-hydroxylation sites is 1. The number of carbonyl (C=O) groups is 1. The van der Waals surface area contributed by atoms with Gasteiger partial charge in [0.1, 0.15) is 0 Å². The lowest BCUT2D eigenvalue weighted by molar-refractivity contribution is 0.0943. The monoisotopic (exact) mass is 345 g/mol. The number of hydrogen-bond acceptors (Lipinski definition) is 4. The third kappa shape index (κ3) is 4.85. The molecule has 2 rings (SSSR count). The van der Waals surface area contributed by atoms with Gasteiger partial charge in [0.05, 0.1) is 13.7 Å². The second-order valence-corrected chi connectivity index (χ2v) is 5.11. The predicted octanol–water partition coefficient (Wildman–Crippen LogP) is 2.73. The number of thiocarbonyl (C=S) groups is 1. The van der Waals surface area contributed by atoms with Gasteiger partial charge in [-0.25, -0.2) is 0 Å². The molecule has 126 valence electrons. The zero-order valence-electron chi connectivity index (χ0n) is 13.5. The Morgan fingerprint density at radius 1 is 1.08 bits per heavy atom. The molecule has 0 aromatic heterocycles. The lowest BCUT2D eigenvalue weighted by atomic mass is 10.2. The maximum atomic E-state index is 12.2. The van der Waals surface area contributed by atoms with Gasteiger partial charge in [-0.05, 0) is 49.5 Å². The van der Waals surface area contributed by atoms with E-state index in [0.717, 1.165) is 5.69 Å². The third-order valence-corrected chi connectivity index (χ3v) is 3.25. The molecule has 3 N–H and O–H groups in total. The molecule has 0 unspecified atom stereocenters. The number of anilines is 1. The highest BCUT2D eigenvalue weighted by atomic mass is 32.1. The summed E-state index contributed by atoms with van der Waals surface area (Å²) in [6.07, 6.45) is 0. The molecule has 0 aliphatic carbocycles. The molecule has 0 fully saturated rings. The zero-order chi connectivity index (χ0) is 17.4. The Labute approximate surface area is 146 Å². The Bertz CT molecular complexity index is 707. The smallest absolute Gasteiger partial charge is 0.269 e. The van der Waals surface area contributed by atoms with Gasteiger partial charge in [0, 0.05) is 11.3 Å². The highest BCUT2D eigenvalue weighted by molar-refractivity contribution is 7.80. The maximum Gasteiger partial charge on any atom is 0.269 e. The van der Waals surface area contributed by atoms with Crippen molar-refractivity contribution >= 4 is 28.9 Å². The SMILES string of the molecule is CCOc1ccc(C(=O)NNC(=S)Nc2ccccc2)cc1OC. The minimum Gasteiger partial charge on any atom is -0.493 e. The van der Waals surface area contributed by atoms with E-state index in [4.69, 9.17) is 21.7 Å². The number of amides is 1. The second kappa shape index (κ2) is 8.73. The van der Waals surface area contributed by atoms with Crippen molar-refractivity contribution in [1.29, 1.82) is 0 Å². The first-order valence-electron chi connectivity index (χ1n) is 7.37. The number of ether oxygens (including phenoxy) is 2. The number of methoxy groups -OCH3 is 1. The van der Waals surface area contributed by atoms with E-state index < -0.39 is 0 Å². The van der Waals surface area contributed by atoms with Crippen molar-refractivity contribution in [1.82, 2.24) is 10.9 Å². The van der Waals surface area contributed by atoms with E-state index in [1.807, 2.05) is 37.3 Å². The fourth-order valence-corrected chi connectivity index (χ4v) is 2.12. The van der Waals surface area contributed by atoms with E-state index in [2.05, 4.69) is 16.2 Å². The lowest BCUT2D eigenvalue weighted by Gasteiger charge is -2.13. The topological polar surface area (TPSA) is 71.6 Å². The van der Waals surface area contributed by atoms with E-state index in [0.29, 0.717) is 23.7 Å². The quantitative estimate of drug-likeness (QED) is 0.572. The van der Waals surface area contributed by atoms with Gasteiger partial charge >= 0.3 is 0 Å². The van der Waals surface area contributed by atoms with Gasteiger partial charge in [-0.15, -0.1) is 0 Å². The molecule has 0 bridgehead atoms. The Morgan fingerprint density at radius 2 is 1.83 bits per heavy atom. The van der Waals surface area contributed by atoms with Crippen LogP contribution in [0.4, 0.5) is 5.69 Å². The van der Waals surface area contributed by atoms with E-state index in [-0.39, 0.29) is 11.0 Å². The molecule has 0 radical (unpaired) electrons. The van der Waals surface area contributed by atoms with Crippen molar-refractivity contribution in [2.45, 2.75) is 6.92 Å². The van der Waals surface area contributed by atoms with E-state index in [9.17, 15) is 4.79 Å². The molecule has 0 aliphatic rings. The first kappa shape index (κ1) is 17.6. The molecule has 1 amide bonds. The van der Waals surface area contributed by atoms with Gasteiger partial charge in [-0.2, -0.15) is 0 Å². The van der Waals surface area contributed by atoms with Gasteiger partial charge in [0.25, 0.3) is 5.91 Å². The standard InChI is InChI=1S/C17H19N3O3S/c1-3-23-14-10-9-12(11-15(14)22-2)16(21)19-20-17(24)18-13-7-5-4-6-8-13/h4-11H,3H2,1-2H3,(H,19,21)(H2,18,20,24). The van der Waals surface area contributed by atoms with Crippen LogP contribution >= 0.6 is 12.2 Å². The largest absolute Gasteiger partial charge is 0.493 e. The molecular formula is C17H19N3O3S. The van der Waals surface area contributed by atoms with Gasteiger partial charge in [0.2, 0.25) is 0 Å². The average Bonchev–Trinajstić information content (AvgIpc) is 2.61. The number of carbonyl (C=O) groups excluding carboxylic acids is 1. The molecule has 0 atom stereocenters. The summed E-state index contributed by atoms with van der Waals surface area (Å²) in [6.45, 7) is 2.40. The minimum absolute atomic E-state index is 0.285. The van der Waals surface area contributed by atoms with Crippen LogP contribution in [0.2, 0.25) is 0 Å². The molecule has 2 aromatic rings. The normalized spacial score (nSPS) is 9.75. The molecule has 0 aliphatic heterocycles. The summed E-state index contributed by atoms with van der Waals surface area (Å²) in [6, 6.07) is 14.4. The summed E-state index contributed by atoms with van der Waals surface area (Å²) in [5.74, 6) is 0.744. The molecule has 0 saturated heterocycles. The van der Waals surface area contributed by atoms with Crippen LogP contribution in [-0.2, 0) is 0 Å². The van der Waals surface area contributed by atoms with Gasteiger partial charge < -0.3 is 14.8 Å². The Hall–Kier alpha value is -2.80. The van der Waals surface area contributed by atoms with Crippen LogP contribution in [0.5, 0.6) is 11.5 Å². The van der Waals surface area contributed by atoms with Crippen LogP contribution in [0, 0.1) is 0 Å². The van der Waals surface area contributed by atoms with Gasteiger partial charge in [-0.3, -0.25) is 15.6 Å². The summed E-state index contributed by atoms with van der Waals surface area (Å²) in [5, 5.41) is 3.24. The average molecular weight is 345 g/mol. The first-order valence-corrected chi connectivity index (χ1v) is 7.78. The molecule has 6 nitrogen and oxygen atoms in total. The molecule has 2 aromatic carbocycles. The van der Waals surface area contributed by atoms with E-state index in [1.165, 1.54) is 7.11 Å². The molecule has 0 spiro atoms. The maximum absolute atomic E-state index is 12.2. The second-order valence-electron chi connectivity index (χ2n) is 4.70. The van der Waals surface area contributed by atoms with Crippen LogP contribution in [0.3, 0.4) is 0 Å². The van der Waals surface area contributed by atoms with Crippen molar-refractivity contribution < 1.29 is 14.3 Å². The zero-order valence-corrected chi connectivity index (χ0v) is 14.3. The highest BCUT2D eigenvalue weighted by Gasteiger charge is 2.11. The first-order chi connectivity index (χ1) is 11.6. The summed E-state index contributed by atoms with van der Waals surface area (Å²) in [5.41, 5.74) is 6.44. The van der Waals surface area contributed by atoms with Crippen LogP contribution in [0.15, 0.2) is 48.5 Å². The summed E-state index contributed by atoms with van der Waals surface area (Å²) in [7, 11) is 1.52. The van der Waals surface area contributed by atoms with Crippen LogP contribution < -0.4 is 25.6 Å². The Morgan fingerprint density at radius 3 is 2.50 bits per heavy atom. The van der Waals surface area contributed by atoms with Gasteiger partial charge in [0.15, 0.2) is 16.6 Å². The van der Waals surface area contributed by atoms with Crippen LogP contribution in [0.1, 0.15) is 17.3 Å².